The highest BCUT2D eigenvalue weighted by Gasteiger charge is 2.18. The minimum Gasteiger partial charge on any atom is -0.394 e. The van der Waals surface area contributed by atoms with Crippen molar-refractivity contribution in [1.29, 1.82) is 0 Å². The zero-order valence-corrected chi connectivity index (χ0v) is 10.2. The minimum absolute atomic E-state index is 0.497. The molecular formula is C13H7F5N2O. The highest BCUT2D eigenvalue weighted by atomic mass is 19.2. The number of nitrogens with two attached hydrogens (primary N) is 1. The van der Waals surface area contributed by atoms with Crippen LogP contribution in [0.3, 0.4) is 0 Å². The molecule has 0 aliphatic carbocycles. The molecule has 2 aromatic rings. The Morgan fingerprint density at radius 3 is 2.05 bits per heavy atom. The maximum Gasteiger partial charge on any atom is 0.255 e. The zero-order valence-electron chi connectivity index (χ0n) is 10.2. The molecule has 0 saturated heterocycles. The van der Waals surface area contributed by atoms with E-state index in [4.69, 9.17) is 5.73 Å². The average molecular weight is 302 g/mol. The molecule has 110 valence electrons. The number of hydrogen-bond acceptors (Lipinski definition) is 2. The monoisotopic (exact) mass is 302 g/mol. The van der Waals surface area contributed by atoms with Crippen LogP contribution < -0.4 is 11.1 Å². The van der Waals surface area contributed by atoms with E-state index in [1.165, 1.54) is 0 Å². The summed E-state index contributed by atoms with van der Waals surface area (Å²) in [5, 5.41) is 1.87. The van der Waals surface area contributed by atoms with E-state index >= 15 is 0 Å². The van der Waals surface area contributed by atoms with Crippen molar-refractivity contribution in [1.82, 2.24) is 0 Å². The second kappa shape index (κ2) is 5.39. The third-order valence-electron chi connectivity index (χ3n) is 2.62. The van der Waals surface area contributed by atoms with Gasteiger partial charge in [0.25, 0.3) is 5.91 Å². The molecule has 2 rings (SSSR count). The number of halogens is 5. The summed E-state index contributed by atoms with van der Waals surface area (Å²) in [4.78, 5) is 11.7. The van der Waals surface area contributed by atoms with Crippen molar-refractivity contribution >= 4 is 17.3 Å². The van der Waals surface area contributed by atoms with Crippen LogP contribution in [0.25, 0.3) is 0 Å². The third-order valence-corrected chi connectivity index (χ3v) is 2.62. The van der Waals surface area contributed by atoms with Crippen molar-refractivity contribution in [3.05, 3.63) is 58.9 Å². The number of nitrogen functional groups attached to an aromatic ring is 1. The Morgan fingerprint density at radius 1 is 0.905 bits per heavy atom. The highest BCUT2D eigenvalue weighted by molar-refractivity contribution is 6.04. The lowest BCUT2D eigenvalue weighted by molar-refractivity contribution is 0.102. The second-order valence-corrected chi connectivity index (χ2v) is 4.03. The van der Waals surface area contributed by atoms with Gasteiger partial charge in [0.2, 0.25) is 0 Å². The molecule has 8 heteroatoms. The van der Waals surface area contributed by atoms with Gasteiger partial charge in [-0.3, -0.25) is 4.79 Å². The van der Waals surface area contributed by atoms with Gasteiger partial charge < -0.3 is 11.1 Å². The van der Waals surface area contributed by atoms with Gasteiger partial charge in [-0.1, -0.05) is 0 Å². The number of nitrogens with one attached hydrogen (secondary N) is 1. The number of hydrogen-bond donors (Lipinski definition) is 2. The first-order valence-electron chi connectivity index (χ1n) is 5.50. The Balaban J connectivity index is 2.33. The topological polar surface area (TPSA) is 55.1 Å². The molecule has 0 aromatic heterocycles. The SMILES string of the molecule is Nc1c(F)cc(C(=O)Nc2ccc(F)c(F)c2F)cc1F. The fourth-order valence-electron chi connectivity index (χ4n) is 1.53. The van der Waals surface area contributed by atoms with Crippen LogP contribution in [0.5, 0.6) is 0 Å². The van der Waals surface area contributed by atoms with E-state index in [2.05, 4.69) is 0 Å². The van der Waals surface area contributed by atoms with Crippen molar-refractivity contribution in [2.75, 3.05) is 11.1 Å². The van der Waals surface area contributed by atoms with Crippen molar-refractivity contribution in [3.63, 3.8) is 0 Å². The van der Waals surface area contributed by atoms with Crippen molar-refractivity contribution in [2.45, 2.75) is 0 Å². The Morgan fingerprint density at radius 2 is 1.48 bits per heavy atom. The van der Waals surface area contributed by atoms with Gasteiger partial charge in [0.05, 0.1) is 5.69 Å². The normalized spacial score (nSPS) is 10.5. The molecule has 0 aliphatic rings. The molecule has 1 amide bonds. The molecule has 0 saturated carbocycles. The van der Waals surface area contributed by atoms with E-state index < -0.39 is 51.9 Å². The minimum atomic E-state index is -1.78. The maximum atomic E-state index is 13.4. The van der Waals surface area contributed by atoms with Crippen molar-refractivity contribution < 1.29 is 26.7 Å². The smallest absolute Gasteiger partial charge is 0.255 e. The van der Waals surface area contributed by atoms with Crippen molar-refractivity contribution in [2.24, 2.45) is 0 Å². The van der Waals surface area contributed by atoms with E-state index in [0.29, 0.717) is 18.2 Å². The number of amides is 1. The maximum absolute atomic E-state index is 13.4. The van der Waals surface area contributed by atoms with Gasteiger partial charge >= 0.3 is 0 Å². The van der Waals surface area contributed by atoms with Crippen LogP contribution in [0.2, 0.25) is 0 Å². The predicted octanol–water partition coefficient (Wildman–Crippen LogP) is 3.22. The van der Waals surface area contributed by atoms with Crippen molar-refractivity contribution in [3.8, 4) is 0 Å². The molecule has 3 N–H and O–H groups in total. The number of carbonyl (C=O) groups excluding carboxylic acids is 1. The summed E-state index contributed by atoms with van der Waals surface area (Å²) < 4.78 is 65.5. The first-order valence-corrected chi connectivity index (χ1v) is 5.50. The Labute approximate surface area is 115 Å². The fourth-order valence-corrected chi connectivity index (χ4v) is 1.53. The standard InChI is InChI=1S/C13H7F5N2O/c14-6-1-2-9(11(18)10(6)17)20-13(21)5-3-7(15)12(19)8(16)4-5/h1-4H,19H2,(H,20,21). The zero-order chi connectivity index (χ0) is 15.7. The Kier molecular flexibility index (Phi) is 3.79. The van der Waals surface area contributed by atoms with Crippen LogP contribution >= 0.6 is 0 Å². The predicted molar refractivity (Wildman–Crippen MR) is 65.0 cm³/mol. The van der Waals surface area contributed by atoms with Gasteiger partial charge in [0.15, 0.2) is 17.5 Å². The molecule has 0 atom stereocenters. The summed E-state index contributed by atoms with van der Waals surface area (Å²) in [6.07, 6.45) is 0. The van der Waals surface area contributed by atoms with Gasteiger partial charge in [-0.15, -0.1) is 0 Å². The molecule has 3 nitrogen and oxygen atoms in total. The summed E-state index contributed by atoms with van der Waals surface area (Å²) in [6.45, 7) is 0. The number of anilines is 2. The molecule has 0 heterocycles. The van der Waals surface area contributed by atoms with Gasteiger partial charge in [0.1, 0.15) is 17.3 Å². The molecule has 2 aromatic carbocycles. The summed E-state index contributed by atoms with van der Waals surface area (Å²) >= 11 is 0. The van der Waals surface area contributed by atoms with Crippen LogP contribution in [0.15, 0.2) is 24.3 Å². The van der Waals surface area contributed by atoms with Gasteiger partial charge in [-0.2, -0.15) is 0 Å². The van der Waals surface area contributed by atoms with E-state index in [1.807, 2.05) is 5.32 Å². The van der Waals surface area contributed by atoms with E-state index in [-0.39, 0.29) is 0 Å². The van der Waals surface area contributed by atoms with Gasteiger partial charge in [0, 0.05) is 5.56 Å². The lowest BCUT2D eigenvalue weighted by Gasteiger charge is -2.08. The molecule has 0 aliphatic heterocycles. The molecule has 0 fully saturated rings. The van der Waals surface area contributed by atoms with E-state index in [0.717, 1.165) is 6.07 Å². The number of carbonyl (C=O) groups is 1. The number of benzene rings is 2. The Hall–Kier alpha value is -2.64. The lowest BCUT2D eigenvalue weighted by Crippen LogP contribution is -2.15. The summed E-state index contributed by atoms with van der Waals surface area (Å²) in [6, 6.07) is 2.63. The first-order chi connectivity index (χ1) is 9.81. The highest BCUT2D eigenvalue weighted by Crippen LogP contribution is 2.22. The molecular weight excluding hydrogens is 295 g/mol. The van der Waals surface area contributed by atoms with Crippen LogP contribution in [-0.4, -0.2) is 5.91 Å². The Bertz CT molecular complexity index is 710. The van der Waals surface area contributed by atoms with E-state index in [9.17, 15) is 26.7 Å². The van der Waals surface area contributed by atoms with Gasteiger partial charge in [-0.05, 0) is 24.3 Å². The van der Waals surface area contributed by atoms with Crippen LogP contribution in [0.4, 0.5) is 33.3 Å². The summed E-state index contributed by atoms with van der Waals surface area (Å²) in [7, 11) is 0. The van der Waals surface area contributed by atoms with Crippen LogP contribution in [-0.2, 0) is 0 Å². The number of rotatable bonds is 2. The quantitative estimate of drug-likeness (QED) is 0.508. The third kappa shape index (κ3) is 2.78. The molecule has 0 radical (unpaired) electrons. The van der Waals surface area contributed by atoms with E-state index in [1.54, 1.807) is 0 Å². The molecule has 0 bridgehead atoms. The second-order valence-electron chi connectivity index (χ2n) is 4.03. The largest absolute Gasteiger partial charge is 0.394 e. The first kappa shape index (κ1) is 14.8. The summed E-state index contributed by atoms with van der Waals surface area (Å²) in [5.74, 6) is -8.30. The van der Waals surface area contributed by atoms with Gasteiger partial charge in [-0.25, -0.2) is 22.0 Å². The lowest BCUT2D eigenvalue weighted by atomic mass is 10.1. The van der Waals surface area contributed by atoms with Crippen LogP contribution in [0, 0.1) is 29.1 Å². The molecule has 0 unspecified atom stereocenters. The molecule has 0 spiro atoms. The molecule has 21 heavy (non-hydrogen) atoms. The fraction of sp³-hybridized carbons (Fsp3) is 0. The van der Waals surface area contributed by atoms with Crippen LogP contribution in [0.1, 0.15) is 10.4 Å². The average Bonchev–Trinajstić information content (AvgIpc) is 2.44. The summed E-state index contributed by atoms with van der Waals surface area (Å²) in [5.41, 5.74) is 3.09.